The monoisotopic (exact) mass is 227 g/mol. The third-order valence-corrected chi connectivity index (χ3v) is 1.84. The van der Waals surface area contributed by atoms with Crippen LogP contribution in [-0.4, -0.2) is 23.1 Å². The molecule has 16 heavy (non-hydrogen) atoms. The number of carbonyl (C=O) groups is 2. The van der Waals surface area contributed by atoms with Gasteiger partial charge in [-0.2, -0.15) is 0 Å². The molecule has 1 rings (SSSR count). The van der Waals surface area contributed by atoms with Gasteiger partial charge in [0, 0.05) is 5.69 Å². The second-order valence-corrected chi connectivity index (χ2v) is 3.13. The van der Waals surface area contributed by atoms with E-state index >= 15 is 0 Å². The number of nitrogen functional groups attached to an aromatic ring is 1. The average molecular weight is 227 g/mol. The normalized spacial score (nSPS) is 11.9. The van der Waals surface area contributed by atoms with Gasteiger partial charge in [0.05, 0.1) is 5.56 Å². The van der Waals surface area contributed by atoms with Gasteiger partial charge in [0.2, 0.25) is 0 Å². The molecule has 0 spiro atoms. The van der Waals surface area contributed by atoms with E-state index < -0.39 is 23.9 Å². The van der Waals surface area contributed by atoms with E-state index in [1.54, 1.807) is 0 Å². The number of esters is 1. The lowest BCUT2D eigenvalue weighted by Gasteiger charge is -2.09. The SMILES string of the molecule is CC(OC(=O)c1cc(N)ccc1F)C(=O)O. The third kappa shape index (κ3) is 2.69. The summed E-state index contributed by atoms with van der Waals surface area (Å²) in [5, 5.41) is 8.51. The van der Waals surface area contributed by atoms with Crippen LogP contribution >= 0.6 is 0 Å². The van der Waals surface area contributed by atoms with Crippen LogP contribution in [0, 0.1) is 5.82 Å². The zero-order valence-electron chi connectivity index (χ0n) is 8.44. The van der Waals surface area contributed by atoms with Crippen LogP contribution in [0.15, 0.2) is 18.2 Å². The van der Waals surface area contributed by atoms with Crippen LogP contribution in [0.25, 0.3) is 0 Å². The van der Waals surface area contributed by atoms with Crippen molar-refractivity contribution in [3.05, 3.63) is 29.6 Å². The largest absolute Gasteiger partial charge is 0.479 e. The number of anilines is 1. The molecule has 5 nitrogen and oxygen atoms in total. The first-order valence-electron chi connectivity index (χ1n) is 4.40. The minimum absolute atomic E-state index is 0.191. The smallest absolute Gasteiger partial charge is 0.344 e. The standard InChI is InChI=1S/C10H10FNO4/c1-5(9(13)14)16-10(15)7-4-6(12)2-3-8(7)11/h2-5H,12H2,1H3,(H,13,14). The number of carboxylic acid groups (broad SMARTS) is 1. The highest BCUT2D eigenvalue weighted by atomic mass is 19.1. The molecule has 3 N–H and O–H groups in total. The van der Waals surface area contributed by atoms with Gasteiger partial charge in [-0.05, 0) is 25.1 Å². The molecule has 0 aliphatic rings. The summed E-state index contributed by atoms with van der Waals surface area (Å²) in [6, 6.07) is 3.39. The summed E-state index contributed by atoms with van der Waals surface area (Å²) in [5.74, 6) is -3.17. The Bertz CT molecular complexity index is 433. The molecule has 0 radical (unpaired) electrons. The summed E-state index contributed by atoms with van der Waals surface area (Å²) in [4.78, 5) is 21.8. The number of ether oxygens (including phenoxy) is 1. The highest BCUT2D eigenvalue weighted by Gasteiger charge is 2.20. The maximum absolute atomic E-state index is 13.2. The van der Waals surface area contributed by atoms with E-state index in [2.05, 4.69) is 4.74 Å². The van der Waals surface area contributed by atoms with Gasteiger partial charge in [-0.3, -0.25) is 0 Å². The predicted octanol–water partition coefficient (Wildman–Crippen LogP) is 1.04. The number of aliphatic carboxylic acids is 1. The Balaban J connectivity index is 2.88. The third-order valence-electron chi connectivity index (χ3n) is 1.84. The Morgan fingerprint density at radius 3 is 2.69 bits per heavy atom. The summed E-state index contributed by atoms with van der Waals surface area (Å²) in [5.41, 5.74) is 5.17. The summed E-state index contributed by atoms with van der Waals surface area (Å²) in [6.45, 7) is 1.17. The van der Waals surface area contributed by atoms with Crippen molar-refractivity contribution in [2.45, 2.75) is 13.0 Å². The molecule has 0 aliphatic heterocycles. The molecule has 0 amide bonds. The van der Waals surface area contributed by atoms with Crippen molar-refractivity contribution in [1.82, 2.24) is 0 Å². The minimum Gasteiger partial charge on any atom is -0.479 e. The molecule has 86 valence electrons. The Labute approximate surface area is 90.6 Å². The predicted molar refractivity (Wildman–Crippen MR) is 53.3 cm³/mol. The number of nitrogens with two attached hydrogens (primary N) is 1. The van der Waals surface area contributed by atoms with Gasteiger partial charge in [-0.1, -0.05) is 0 Å². The first-order chi connectivity index (χ1) is 7.41. The molecule has 1 atom stereocenters. The van der Waals surface area contributed by atoms with Crippen LogP contribution in [0.3, 0.4) is 0 Å². The van der Waals surface area contributed by atoms with Gasteiger partial charge in [-0.15, -0.1) is 0 Å². The molecule has 1 aromatic carbocycles. The fourth-order valence-corrected chi connectivity index (χ4v) is 0.974. The van der Waals surface area contributed by atoms with Crippen molar-refractivity contribution >= 4 is 17.6 Å². The second kappa shape index (κ2) is 4.61. The lowest BCUT2D eigenvalue weighted by atomic mass is 10.2. The quantitative estimate of drug-likeness (QED) is 0.594. The van der Waals surface area contributed by atoms with Crippen molar-refractivity contribution in [2.24, 2.45) is 0 Å². The highest BCUT2D eigenvalue weighted by Crippen LogP contribution is 2.14. The van der Waals surface area contributed by atoms with Gasteiger partial charge in [0.1, 0.15) is 5.82 Å². The summed E-state index contributed by atoms with van der Waals surface area (Å²) >= 11 is 0. The number of hydrogen-bond donors (Lipinski definition) is 2. The van der Waals surface area contributed by atoms with E-state index in [4.69, 9.17) is 10.8 Å². The first-order valence-corrected chi connectivity index (χ1v) is 4.40. The van der Waals surface area contributed by atoms with E-state index in [9.17, 15) is 14.0 Å². The van der Waals surface area contributed by atoms with E-state index in [-0.39, 0.29) is 11.3 Å². The van der Waals surface area contributed by atoms with Crippen LogP contribution in [-0.2, 0) is 9.53 Å². The zero-order chi connectivity index (χ0) is 12.3. The minimum atomic E-state index is -1.34. The molecular formula is C10H10FNO4. The number of halogens is 1. The number of benzene rings is 1. The van der Waals surface area contributed by atoms with Crippen molar-refractivity contribution in [2.75, 3.05) is 5.73 Å². The van der Waals surface area contributed by atoms with Crippen LogP contribution in [0.1, 0.15) is 17.3 Å². The number of carboxylic acids is 1. The number of hydrogen-bond acceptors (Lipinski definition) is 4. The molecule has 0 saturated heterocycles. The van der Waals surface area contributed by atoms with E-state index in [0.29, 0.717) is 0 Å². The fraction of sp³-hybridized carbons (Fsp3) is 0.200. The van der Waals surface area contributed by atoms with Crippen LogP contribution in [0.5, 0.6) is 0 Å². The van der Waals surface area contributed by atoms with E-state index in [1.807, 2.05) is 0 Å². The van der Waals surface area contributed by atoms with E-state index in [0.717, 1.165) is 12.1 Å². The van der Waals surface area contributed by atoms with Crippen molar-refractivity contribution in [1.29, 1.82) is 0 Å². The van der Waals surface area contributed by atoms with Crippen LogP contribution in [0.4, 0.5) is 10.1 Å². The lowest BCUT2D eigenvalue weighted by molar-refractivity contribution is -0.146. The number of rotatable bonds is 3. The van der Waals surface area contributed by atoms with Gasteiger partial charge < -0.3 is 15.6 Å². The molecule has 0 bridgehead atoms. The van der Waals surface area contributed by atoms with Crippen molar-refractivity contribution in [3.8, 4) is 0 Å². The second-order valence-electron chi connectivity index (χ2n) is 3.13. The Morgan fingerprint density at radius 2 is 2.12 bits per heavy atom. The Kier molecular flexibility index (Phi) is 3.44. The molecule has 0 fully saturated rings. The van der Waals surface area contributed by atoms with Gasteiger partial charge in [0.25, 0.3) is 0 Å². The summed E-state index contributed by atoms with van der Waals surface area (Å²) in [6.07, 6.45) is -1.34. The molecule has 1 aromatic rings. The van der Waals surface area contributed by atoms with Gasteiger partial charge in [0.15, 0.2) is 6.10 Å². The topological polar surface area (TPSA) is 89.6 Å². The van der Waals surface area contributed by atoms with Crippen LogP contribution < -0.4 is 5.73 Å². The maximum atomic E-state index is 13.2. The summed E-state index contributed by atoms with van der Waals surface area (Å²) in [7, 11) is 0. The molecule has 0 aliphatic carbocycles. The highest BCUT2D eigenvalue weighted by molar-refractivity contribution is 5.92. The molecule has 6 heteroatoms. The van der Waals surface area contributed by atoms with Crippen molar-refractivity contribution < 1.29 is 23.8 Å². The zero-order valence-corrected chi connectivity index (χ0v) is 8.44. The maximum Gasteiger partial charge on any atom is 0.344 e. The molecule has 1 unspecified atom stereocenters. The Morgan fingerprint density at radius 1 is 1.50 bits per heavy atom. The summed E-state index contributed by atoms with van der Waals surface area (Å²) < 4.78 is 17.7. The average Bonchev–Trinajstić information content (AvgIpc) is 2.21. The van der Waals surface area contributed by atoms with Crippen LogP contribution in [0.2, 0.25) is 0 Å². The van der Waals surface area contributed by atoms with Crippen molar-refractivity contribution in [3.63, 3.8) is 0 Å². The fourth-order valence-electron chi connectivity index (χ4n) is 0.974. The lowest BCUT2D eigenvalue weighted by Crippen LogP contribution is -2.24. The first kappa shape index (κ1) is 12.0. The molecular weight excluding hydrogens is 217 g/mol. The molecule has 0 saturated carbocycles. The molecule has 0 aromatic heterocycles. The van der Waals surface area contributed by atoms with E-state index in [1.165, 1.54) is 13.0 Å². The van der Waals surface area contributed by atoms with Gasteiger partial charge in [-0.25, -0.2) is 14.0 Å². The van der Waals surface area contributed by atoms with Gasteiger partial charge >= 0.3 is 11.9 Å². The Hall–Kier alpha value is -2.11. The molecule has 0 heterocycles. The number of carbonyl (C=O) groups excluding carboxylic acids is 1.